The van der Waals surface area contributed by atoms with Crippen LogP contribution in [-0.2, 0) is 9.53 Å². The summed E-state index contributed by atoms with van der Waals surface area (Å²) in [7, 11) is 0. The van der Waals surface area contributed by atoms with Gasteiger partial charge in [0.25, 0.3) is 0 Å². The minimum Gasteiger partial charge on any atom is -0.462 e. The van der Waals surface area contributed by atoms with Gasteiger partial charge in [-0.3, -0.25) is 0 Å². The molecule has 1 atom stereocenters. The van der Waals surface area contributed by atoms with Gasteiger partial charge in [-0.05, 0) is 25.0 Å². The fourth-order valence-corrected chi connectivity index (χ4v) is 3.00. The smallest absolute Gasteiger partial charge is 0.341 e. The first-order chi connectivity index (χ1) is 10.3. The summed E-state index contributed by atoms with van der Waals surface area (Å²) in [6, 6.07) is 8.20. The fourth-order valence-electron chi connectivity index (χ4n) is 3.00. The molecule has 1 unspecified atom stereocenters. The minimum atomic E-state index is -0.283. The zero-order valence-electron chi connectivity index (χ0n) is 12.4. The van der Waals surface area contributed by atoms with Crippen molar-refractivity contribution in [3.8, 4) is 0 Å². The van der Waals surface area contributed by atoms with E-state index in [9.17, 15) is 4.79 Å². The van der Waals surface area contributed by atoms with E-state index in [2.05, 4.69) is 23.3 Å². The summed E-state index contributed by atoms with van der Waals surface area (Å²) in [5, 5.41) is 4.45. The topological polar surface area (TPSA) is 54.1 Å². The van der Waals surface area contributed by atoms with Gasteiger partial charge >= 0.3 is 5.97 Å². The van der Waals surface area contributed by atoms with Gasteiger partial charge in [-0.15, -0.1) is 0 Å². The molecule has 4 nitrogen and oxygen atoms in total. The van der Waals surface area contributed by atoms with Gasteiger partial charge in [0.05, 0.1) is 17.9 Å². The average Bonchev–Trinajstić information content (AvgIpc) is 2.77. The van der Waals surface area contributed by atoms with Crippen LogP contribution >= 0.6 is 0 Å². The van der Waals surface area contributed by atoms with Crippen LogP contribution in [0.3, 0.4) is 0 Å². The SMILES string of the molecule is CCOC(=O)C1=CNCC(CC)c2c1[nH]c1ccccc21. The van der Waals surface area contributed by atoms with Crippen molar-refractivity contribution in [3.05, 3.63) is 41.7 Å². The third-order valence-corrected chi connectivity index (χ3v) is 4.02. The number of ether oxygens (including phenoxy) is 1. The number of aromatic nitrogens is 1. The quantitative estimate of drug-likeness (QED) is 0.851. The molecule has 4 heteroatoms. The molecule has 2 aromatic rings. The summed E-state index contributed by atoms with van der Waals surface area (Å²) >= 11 is 0. The number of nitrogens with one attached hydrogen (secondary N) is 2. The first kappa shape index (κ1) is 13.7. The number of para-hydroxylation sites is 1. The summed E-state index contributed by atoms with van der Waals surface area (Å²) in [5.74, 6) is 0.0916. The molecule has 0 bridgehead atoms. The molecule has 2 heterocycles. The Balaban J connectivity index is 2.20. The first-order valence-electron chi connectivity index (χ1n) is 7.47. The fraction of sp³-hybridized carbons (Fsp3) is 0.353. The molecule has 110 valence electrons. The number of fused-ring (bicyclic) bond motifs is 3. The number of aromatic amines is 1. The largest absolute Gasteiger partial charge is 0.462 e. The highest BCUT2D eigenvalue weighted by Crippen LogP contribution is 2.36. The van der Waals surface area contributed by atoms with E-state index in [1.165, 1.54) is 10.9 Å². The third kappa shape index (κ3) is 2.31. The van der Waals surface area contributed by atoms with Crippen LogP contribution in [0.1, 0.15) is 37.4 Å². The van der Waals surface area contributed by atoms with Crippen molar-refractivity contribution in [3.63, 3.8) is 0 Å². The Morgan fingerprint density at radius 2 is 2.14 bits per heavy atom. The molecule has 1 aromatic heterocycles. The van der Waals surface area contributed by atoms with E-state index < -0.39 is 0 Å². The van der Waals surface area contributed by atoms with Crippen LogP contribution in [0.25, 0.3) is 16.5 Å². The zero-order valence-corrected chi connectivity index (χ0v) is 12.4. The van der Waals surface area contributed by atoms with Gasteiger partial charge in [0.2, 0.25) is 0 Å². The van der Waals surface area contributed by atoms with E-state index in [1.807, 2.05) is 25.1 Å². The normalized spacial score (nSPS) is 17.6. The zero-order chi connectivity index (χ0) is 14.8. The molecule has 1 aliphatic rings. The maximum Gasteiger partial charge on any atom is 0.341 e. The molecule has 1 aliphatic heterocycles. The van der Waals surface area contributed by atoms with E-state index in [0.717, 1.165) is 24.2 Å². The second-order valence-electron chi connectivity index (χ2n) is 5.25. The Morgan fingerprint density at radius 3 is 2.90 bits per heavy atom. The predicted octanol–water partition coefficient (Wildman–Crippen LogP) is 3.17. The summed E-state index contributed by atoms with van der Waals surface area (Å²) in [6.07, 6.45) is 2.80. The molecule has 2 N–H and O–H groups in total. The van der Waals surface area contributed by atoms with Crippen LogP contribution in [0.15, 0.2) is 30.5 Å². The molecule has 0 aliphatic carbocycles. The van der Waals surface area contributed by atoms with Crippen molar-refractivity contribution in [1.29, 1.82) is 0 Å². The van der Waals surface area contributed by atoms with Gasteiger partial charge in [0, 0.05) is 29.6 Å². The van der Waals surface area contributed by atoms with Crippen LogP contribution < -0.4 is 5.32 Å². The van der Waals surface area contributed by atoms with Gasteiger partial charge in [0.15, 0.2) is 0 Å². The number of rotatable bonds is 3. The molecule has 1 aromatic carbocycles. The molecule has 0 radical (unpaired) electrons. The number of esters is 1. The summed E-state index contributed by atoms with van der Waals surface area (Å²) in [6.45, 7) is 5.20. The van der Waals surface area contributed by atoms with E-state index in [0.29, 0.717) is 18.1 Å². The Labute approximate surface area is 124 Å². The monoisotopic (exact) mass is 284 g/mol. The van der Waals surface area contributed by atoms with Gasteiger partial charge < -0.3 is 15.0 Å². The number of hydrogen-bond acceptors (Lipinski definition) is 3. The highest BCUT2D eigenvalue weighted by molar-refractivity contribution is 6.17. The number of H-pyrrole nitrogens is 1. The summed E-state index contributed by atoms with van der Waals surface area (Å²) in [5.41, 5.74) is 3.76. The van der Waals surface area contributed by atoms with Crippen LogP contribution in [0.2, 0.25) is 0 Å². The molecule has 0 amide bonds. The number of benzene rings is 1. The molecule has 21 heavy (non-hydrogen) atoms. The molecule has 3 rings (SSSR count). The van der Waals surface area contributed by atoms with Crippen LogP contribution in [0, 0.1) is 0 Å². The first-order valence-corrected chi connectivity index (χ1v) is 7.47. The minimum absolute atomic E-state index is 0.283. The predicted molar refractivity (Wildman–Crippen MR) is 83.9 cm³/mol. The lowest BCUT2D eigenvalue weighted by atomic mass is 9.92. The van der Waals surface area contributed by atoms with Crippen LogP contribution in [-0.4, -0.2) is 24.1 Å². The van der Waals surface area contributed by atoms with E-state index >= 15 is 0 Å². The van der Waals surface area contributed by atoms with Gasteiger partial charge in [-0.2, -0.15) is 0 Å². The van der Waals surface area contributed by atoms with Gasteiger partial charge in [-0.25, -0.2) is 4.79 Å². The third-order valence-electron chi connectivity index (χ3n) is 4.02. The van der Waals surface area contributed by atoms with Gasteiger partial charge in [0.1, 0.15) is 0 Å². The van der Waals surface area contributed by atoms with Crippen molar-refractivity contribution in [1.82, 2.24) is 10.3 Å². The van der Waals surface area contributed by atoms with Crippen molar-refractivity contribution in [2.75, 3.05) is 13.2 Å². The summed E-state index contributed by atoms with van der Waals surface area (Å²) in [4.78, 5) is 15.6. The number of carbonyl (C=O) groups excluding carboxylic acids is 1. The van der Waals surface area contributed by atoms with Crippen molar-refractivity contribution >= 4 is 22.4 Å². The summed E-state index contributed by atoms with van der Waals surface area (Å²) < 4.78 is 5.19. The Kier molecular flexibility index (Phi) is 3.69. The lowest BCUT2D eigenvalue weighted by Gasteiger charge is -2.13. The number of hydrogen-bond donors (Lipinski definition) is 2. The second kappa shape index (κ2) is 5.64. The molecule has 0 saturated heterocycles. The lowest BCUT2D eigenvalue weighted by molar-refractivity contribution is -0.136. The molecule has 0 fully saturated rings. The molecule has 0 spiro atoms. The maximum absolute atomic E-state index is 12.2. The highest BCUT2D eigenvalue weighted by atomic mass is 16.5. The number of carbonyl (C=O) groups is 1. The highest BCUT2D eigenvalue weighted by Gasteiger charge is 2.27. The Bertz CT molecular complexity index is 700. The lowest BCUT2D eigenvalue weighted by Crippen LogP contribution is -2.14. The van der Waals surface area contributed by atoms with Crippen LogP contribution in [0.4, 0.5) is 0 Å². The maximum atomic E-state index is 12.2. The second-order valence-corrected chi connectivity index (χ2v) is 5.25. The van der Waals surface area contributed by atoms with Crippen LogP contribution in [0.5, 0.6) is 0 Å². The van der Waals surface area contributed by atoms with Crippen molar-refractivity contribution in [2.45, 2.75) is 26.2 Å². The molecule has 0 saturated carbocycles. The average molecular weight is 284 g/mol. The van der Waals surface area contributed by atoms with E-state index in [4.69, 9.17) is 4.74 Å². The molecular formula is C17H20N2O2. The van der Waals surface area contributed by atoms with Gasteiger partial charge in [-0.1, -0.05) is 25.1 Å². The van der Waals surface area contributed by atoms with E-state index in [1.54, 1.807) is 6.20 Å². The Hall–Kier alpha value is -2.23. The Morgan fingerprint density at radius 1 is 1.33 bits per heavy atom. The van der Waals surface area contributed by atoms with Crippen molar-refractivity contribution in [2.24, 2.45) is 0 Å². The van der Waals surface area contributed by atoms with E-state index in [-0.39, 0.29) is 5.97 Å². The molecular weight excluding hydrogens is 264 g/mol. The van der Waals surface area contributed by atoms with Crippen molar-refractivity contribution < 1.29 is 9.53 Å². The standard InChI is InChI=1S/C17H20N2O2/c1-3-11-9-18-10-13(17(20)21-4-2)16-15(11)12-7-5-6-8-14(12)19-16/h5-8,10-11,18-19H,3-4,9H2,1-2H3.